The predicted molar refractivity (Wildman–Crippen MR) is 43.7 cm³/mol. The van der Waals surface area contributed by atoms with Crippen LogP contribution in [-0.2, 0) is 9.59 Å². The van der Waals surface area contributed by atoms with Gasteiger partial charge in [0.2, 0.25) is 0 Å². The molecule has 0 aromatic rings. The van der Waals surface area contributed by atoms with Crippen molar-refractivity contribution in [2.24, 2.45) is 5.73 Å². The van der Waals surface area contributed by atoms with Crippen LogP contribution in [0.5, 0.6) is 0 Å². The lowest BCUT2D eigenvalue weighted by molar-refractivity contribution is -0.139. The van der Waals surface area contributed by atoms with E-state index in [1.807, 2.05) is 0 Å². The first-order valence-corrected chi connectivity index (χ1v) is 3.49. The molecule has 1 atom stereocenters. The van der Waals surface area contributed by atoms with Crippen molar-refractivity contribution >= 4 is 11.8 Å². The predicted octanol–water partition coefficient (Wildman–Crippen LogP) is -0.624. The zero-order valence-electron chi connectivity index (χ0n) is 7.28. The minimum Gasteiger partial charge on any atom is -0.481 e. The summed E-state index contributed by atoms with van der Waals surface area (Å²) in [5.74, 6) is -1.37. The number of Topliss-reactive ketones (excluding diaryl/α,β-unsaturated/α-hetero) is 1. The normalized spacial score (nSPS) is 11.0. The molecule has 0 saturated carbocycles. The van der Waals surface area contributed by atoms with Crippen LogP contribution in [0, 0.1) is 0 Å². The standard InChI is InChI=1S/C4H6O3.C3H9NO/c1-3(5)2-4(6)7;1-3(5)2-4/h2H2,1H3,(H,6,7);3,5H,2,4H2,1H3. The third-order valence-electron chi connectivity index (χ3n) is 0.741. The van der Waals surface area contributed by atoms with Gasteiger partial charge in [-0.05, 0) is 13.8 Å². The molecule has 0 radical (unpaired) electrons. The molecule has 5 heteroatoms. The van der Waals surface area contributed by atoms with Gasteiger partial charge in [0.25, 0.3) is 0 Å². The van der Waals surface area contributed by atoms with Crippen LogP contribution in [-0.4, -0.2) is 34.6 Å². The zero-order valence-corrected chi connectivity index (χ0v) is 7.28. The molecular weight excluding hydrogens is 162 g/mol. The molecule has 5 nitrogen and oxygen atoms in total. The van der Waals surface area contributed by atoms with E-state index in [1.54, 1.807) is 6.92 Å². The van der Waals surface area contributed by atoms with E-state index in [0.29, 0.717) is 6.54 Å². The summed E-state index contributed by atoms with van der Waals surface area (Å²) in [5.41, 5.74) is 4.92. The molecule has 0 aliphatic heterocycles. The molecular formula is C7H15NO4. The number of aliphatic carboxylic acids is 1. The number of carboxylic acid groups (broad SMARTS) is 1. The molecule has 0 aromatic carbocycles. The Bertz CT molecular complexity index is 132. The van der Waals surface area contributed by atoms with Crippen molar-refractivity contribution in [2.45, 2.75) is 26.4 Å². The molecule has 4 N–H and O–H groups in total. The number of carbonyl (C=O) groups is 2. The van der Waals surface area contributed by atoms with Crippen molar-refractivity contribution in [3.05, 3.63) is 0 Å². The van der Waals surface area contributed by atoms with E-state index < -0.39 is 5.97 Å². The number of rotatable bonds is 3. The number of carboxylic acids is 1. The minimum absolute atomic E-state index is 0.312. The first kappa shape index (κ1) is 13.6. The van der Waals surface area contributed by atoms with Crippen molar-refractivity contribution in [3.63, 3.8) is 0 Å². The maximum Gasteiger partial charge on any atom is 0.310 e. The fourth-order valence-electron chi connectivity index (χ4n) is 0.213. The molecule has 0 amide bonds. The van der Waals surface area contributed by atoms with E-state index in [2.05, 4.69) is 0 Å². The number of hydrogen-bond donors (Lipinski definition) is 3. The molecule has 0 fully saturated rings. The molecule has 0 saturated heterocycles. The lowest BCUT2D eigenvalue weighted by Crippen LogP contribution is -2.14. The molecule has 0 bridgehead atoms. The molecule has 0 aromatic heterocycles. The van der Waals surface area contributed by atoms with Crippen LogP contribution in [0.15, 0.2) is 0 Å². The van der Waals surface area contributed by atoms with E-state index in [0.717, 1.165) is 0 Å². The number of aliphatic hydroxyl groups is 1. The monoisotopic (exact) mass is 177 g/mol. The Labute approximate surface area is 71.2 Å². The SMILES string of the molecule is CC(=O)CC(=O)O.CC(O)CN. The van der Waals surface area contributed by atoms with Crippen molar-refractivity contribution < 1.29 is 19.8 Å². The Morgan fingerprint density at radius 2 is 1.83 bits per heavy atom. The zero-order chi connectivity index (χ0) is 10.1. The van der Waals surface area contributed by atoms with Crippen molar-refractivity contribution in [1.82, 2.24) is 0 Å². The van der Waals surface area contributed by atoms with Gasteiger partial charge in [0.05, 0.1) is 6.10 Å². The van der Waals surface area contributed by atoms with Crippen molar-refractivity contribution in [3.8, 4) is 0 Å². The fraction of sp³-hybridized carbons (Fsp3) is 0.714. The lowest BCUT2D eigenvalue weighted by Gasteiger charge is -1.91. The van der Waals surface area contributed by atoms with Crippen molar-refractivity contribution in [2.75, 3.05) is 6.54 Å². The van der Waals surface area contributed by atoms with Gasteiger partial charge >= 0.3 is 5.97 Å². The highest BCUT2D eigenvalue weighted by Gasteiger charge is 1.98. The molecule has 1 unspecified atom stereocenters. The van der Waals surface area contributed by atoms with E-state index in [-0.39, 0.29) is 18.3 Å². The fourth-order valence-corrected chi connectivity index (χ4v) is 0.213. The summed E-state index contributed by atoms with van der Waals surface area (Å²) in [6, 6.07) is 0. The van der Waals surface area contributed by atoms with Crippen LogP contribution in [0.4, 0.5) is 0 Å². The van der Waals surface area contributed by atoms with Crippen LogP contribution >= 0.6 is 0 Å². The third kappa shape index (κ3) is 23.0. The Hall–Kier alpha value is -0.940. The van der Waals surface area contributed by atoms with Crippen LogP contribution in [0.3, 0.4) is 0 Å². The first-order valence-electron chi connectivity index (χ1n) is 3.49. The number of aliphatic hydroxyl groups excluding tert-OH is 1. The Morgan fingerprint density at radius 3 is 1.83 bits per heavy atom. The van der Waals surface area contributed by atoms with Crippen LogP contribution in [0.2, 0.25) is 0 Å². The van der Waals surface area contributed by atoms with Gasteiger partial charge in [0.1, 0.15) is 12.2 Å². The molecule has 0 aliphatic carbocycles. The van der Waals surface area contributed by atoms with Gasteiger partial charge in [0.15, 0.2) is 0 Å². The summed E-state index contributed by atoms with van der Waals surface area (Å²) in [6.07, 6.45) is -0.699. The van der Waals surface area contributed by atoms with Gasteiger partial charge in [0, 0.05) is 6.54 Å². The number of carbonyl (C=O) groups excluding carboxylic acids is 1. The summed E-state index contributed by atoms with van der Waals surface area (Å²) >= 11 is 0. The van der Waals surface area contributed by atoms with E-state index >= 15 is 0 Å². The second kappa shape index (κ2) is 8.16. The van der Waals surface area contributed by atoms with Crippen LogP contribution in [0.1, 0.15) is 20.3 Å². The van der Waals surface area contributed by atoms with Gasteiger partial charge in [-0.25, -0.2) is 0 Å². The number of ketones is 1. The molecule has 0 spiro atoms. The Morgan fingerprint density at radius 1 is 1.50 bits per heavy atom. The van der Waals surface area contributed by atoms with E-state index in [9.17, 15) is 9.59 Å². The maximum atomic E-state index is 9.87. The van der Waals surface area contributed by atoms with E-state index in [4.69, 9.17) is 15.9 Å². The Balaban J connectivity index is 0. The molecule has 0 heterocycles. The number of hydrogen-bond acceptors (Lipinski definition) is 4. The smallest absolute Gasteiger partial charge is 0.310 e. The van der Waals surface area contributed by atoms with Gasteiger partial charge in [-0.1, -0.05) is 0 Å². The first-order chi connectivity index (χ1) is 5.40. The highest BCUT2D eigenvalue weighted by atomic mass is 16.4. The molecule has 72 valence electrons. The van der Waals surface area contributed by atoms with Crippen molar-refractivity contribution in [1.29, 1.82) is 0 Å². The summed E-state index contributed by atoms with van der Waals surface area (Å²) in [7, 11) is 0. The Kier molecular flexibility index (Phi) is 9.27. The second-order valence-corrected chi connectivity index (χ2v) is 2.36. The summed E-state index contributed by atoms with van der Waals surface area (Å²) in [5, 5.41) is 16.1. The van der Waals surface area contributed by atoms with Crippen LogP contribution < -0.4 is 5.73 Å². The third-order valence-corrected chi connectivity index (χ3v) is 0.741. The molecule has 12 heavy (non-hydrogen) atoms. The highest BCUT2D eigenvalue weighted by Crippen LogP contribution is 1.77. The molecule has 0 aliphatic rings. The highest BCUT2D eigenvalue weighted by molar-refractivity contribution is 5.93. The second-order valence-electron chi connectivity index (χ2n) is 2.36. The van der Waals surface area contributed by atoms with Gasteiger partial charge < -0.3 is 15.9 Å². The quantitative estimate of drug-likeness (QED) is 0.498. The number of nitrogens with two attached hydrogens (primary N) is 1. The van der Waals surface area contributed by atoms with Gasteiger partial charge in [-0.2, -0.15) is 0 Å². The van der Waals surface area contributed by atoms with E-state index in [1.165, 1.54) is 6.92 Å². The van der Waals surface area contributed by atoms with Gasteiger partial charge in [-0.3, -0.25) is 9.59 Å². The minimum atomic E-state index is -1.06. The van der Waals surface area contributed by atoms with Crippen LogP contribution in [0.25, 0.3) is 0 Å². The van der Waals surface area contributed by atoms with Gasteiger partial charge in [-0.15, -0.1) is 0 Å². The average Bonchev–Trinajstić information content (AvgIpc) is 1.85. The largest absolute Gasteiger partial charge is 0.481 e. The topological polar surface area (TPSA) is 101 Å². The molecule has 0 rings (SSSR count). The lowest BCUT2D eigenvalue weighted by atomic mass is 10.3. The summed E-state index contributed by atoms with van der Waals surface area (Å²) < 4.78 is 0. The average molecular weight is 177 g/mol. The summed E-state index contributed by atoms with van der Waals surface area (Å²) in [4.78, 5) is 19.5. The summed E-state index contributed by atoms with van der Waals surface area (Å²) in [6.45, 7) is 3.26. The maximum absolute atomic E-state index is 9.87.